The Bertz CT molecular complexity index is 1120. The number of methoxy groups -OCH3 is 1. The van der Waals surface area contributed by atoms with E-state index in [2.05, 4.69) is 16.0 Å². The molecule has 7 heteroatoms. The fourth-order valence-electron chi connectivity index (χ4n) is 4.50. The van der Waals surface area contributed by atoms with E-state index < -0.39 is 9.84 Å². The lowest BCUT2D eigenvalue weighted by molar-refractivity contribution is 0.146. The van der Waals surface area contributed by atoms with E-state index in [0.717, 1.165) is 34.5 Å². The molecule has 0 bridgehead atoms. The van der Waals surface area contributed by atoms with Gasteiger partial charge in [0.25, 0.3) is 0 Å². The minimum atomic E-state index is -3.21. The first kappa shape index (κ1) is 21.8. The molecule has 6 nitrogen and oxygen atoms in total. The van der Waals surface area contributed by atoms with Crippen molar-refractivity contribution in [3.8, 4) is 5.75 Å². The molecule has 1 aromatic carbocycles. The highest BCUT2D eigenvalue weighted by atomic mass is 32.2. The van der Waals surface area contributed by atoms with Crippen LogP contribution in [0.15, 0.2) is 47.5 Å². The van der Waals surface area contributed by atoms with Gasteiger partial charge in [-0.3, -0.25) is 0 Å². The third-order valence-electron chi connectivity index (χ3n) is 6.15. The molecule has 4 rings (SSSR count). The molecule has 1 N–H and O–H groups in total. The first-order valence-corrected chi connectivity index (χ1v) is 12.7. The molecule has 0 amide bonds. The largest absolute Gasteiger partial charge is 0.490 e. The second kappa shape index (κ2) is 9.40. The van der Waals surface area contributed by atoms with E-state index in [4.69, 9.17) is 9.47 Å². The average Bonchev–Trinajstić information content (AvgIpc) is 3.41. The Balaban J connectivity index is 1.65. The van der Waals surface area contributed by atoms with Crippen LogP contribution in [-0.4, -0.2) is 45.0 Å². The molecule has 0 radical (unpaired) electrons. The van der Waals surface area contributed by atoms with Gasteiger partial charge in [-0.05, 0) is 42.2 Å². The standard InChI is InChI=1S/C24H30N2O4S/c1-29-11-12-30-20-14-19-15-23(26-24(19)25-16-20)22(13-17-5-3-4-6-17)18-7-9-21(10-8-18)31(2,27)28/h7-10,14-17,22H,3-6,11-13H2,1-2H3,(H,25,26). The smallest absolute Gasteiger partial charge is 0.175 e. The summed E-state index contributed by atoms with van der Waals surface area (Å²) in [5, 5.41) is 1.01. The fraction of sp³-hybridized carbons (Fsp3) is 0.458. The van der Waals surface area contributed by atoms with Crippen LogP contribution < -0.4 is 4.74 Å². The lowest BCUT2D eigenvalue weighted by Gasteiger charge is -2.20. The van der Waals surface area contributed by atoms with Crippen LogP contribution in [0.25, 0.3) is 11.0 Å². The van der Waals surface area contributed by atoms with Gasteiger partial charge < -0.3 is 14.5 Å². The van der Waals surface area contributed by atoms with E-state index >= 15 is 0 Å². The van der Waals surface area contributed by atoms with Crippen molar-refractivity contribution in [3.63, 3.8) is 0 Å². The van der Waals surface area contributed by atoms with Crippen molar-refractivity contribution in [2.24, 2.45) is 5.92 Å². The lowest BCUT2D eigenvalue weighted by atomic mass is 9.85. The number of hydrogen-bond acceptors (Lipinski definition) is 5. The van der Waals surface area contributed by atoms with Gasteiger partial charge in [-0.2, -0.15) is 0 Å². The van der Waals surface area contributed by atoms with Gasteiger partial charge in [0.15, 0.2) is 9.84 Å². The van der Waals surface area contributed by atoms with E-state index in [1.54, 1.807) is 25.4 Å². The van der Waals surface area contributed by atoms with E-state index in [1.165, 1.54) is 31.9 Å². The molecule has 1 atom stereocenters. The highest BCUT2D eigenvalue weighted by Gasteiger charge is 2.24. The van der Waals surface area contributed by atoms with E-state index in [9.17, 15) is 8.42 Å². The van der Waals surface area contributed by atoms with Crippen molar-refractivity contribution >= 4 is 20.9 Å². The summed E-state index contributed by atoms with van der Waals surface area (Å²) in [6.45, 7) is 1.02. The Hall–Kier alpha value is -2.38. The van der Waals surface area contributed by atoms with Crippen molar-refractivity contribution in [3.05, 3.63) is 53.9 Å². The molecule has 0 spiro atoms. The average molecular weight is 443 g/mol. The van der Waals surface area contributed by atoms with Crippen LogP contribution in [0.4, 0.5) is 0 Å². The Morgan fingerprint density at radius 2 is 1.87 bits per heavy atom. The van der Waals surface area contributed by atoms with Gasteiger partial charge in [-0.15, -0.1) is 0 Å². The lowest BCUT2D eigenvalue weighted by Crippen LogP contribution is -2.08. The van der Waals surface area contributed by atoms with Crippen LogP contribution in [-0.2, 0) is 14.6 Å². The quantitative estimate of drug-likeness (QED) is 0.486. The summed E-state index contributed by atoms with van der Waals surface area (Å²) >= 11 is 0. The van der Waals surface area contributed by atoms with Crippen molar-refractivity contribution in [2.45, 2.75) is 42.9 Å². The second-order valence-corrected chi connectivity index (χ2v) is 10.5. The molecule has 1 fully saturated rings. The van der Waals surface area contributed by atoms with Crippen LogP contribution in [0.1, 0.15) is 49.3 Å². The minimum absolute atomic E-state index is 0.170. The highest BCUT2D eigenvalue weighted by molar-refractivity contribution is 7.90. The first-order chi connectivity index (χ1) is 14.9. The molecule has 2 heterocycles. The number of fused-ring (bicyclic) bond motifs is 1. The van der Waals surface area contributed by atoms with E-state index in [-0.39, 0.29) is 5.92 Å². The number of rotatable bonds is 9. The molecule has 1 unspecified atom stereocenters. The maximum Gasteiger partial charge on any atom is 0.175 e. The number of aromatic amines is 1. The molecule has 166 valence electrons. The number of nitrogens with one attached hydrogen (secondary N) is 1. The van der Waals surface area contributed by atoms with Gasteiger partial charge in [-0.25, -0.2) is 13.4 Å². The Morgan fingerprint density at radius 1 is 1.13 bits per heavy atom. The third kappa shape index (κ3) is 5.28. The molecule has 0 saturated heterocycles. The Morgan fingerprint density at radius 3 is 2.55 bits per heavy atom. The van der Waals surface area contributed by atoms with Gasteiger partial charge in [0.05, 0.1) is 17.7 Å². The van der Waals surface area contributed by atoms with Gasteiger partial charge in [-0.1, -0.05) is 37.8 Å². The van der Waals surface area contributed by atoms with Gasteiger partial charge in [0, 0.05) is 30.4 Å². The topological polar surface area (TPSA) is 81.3 Å². The molecule has 31 heavy (non-hydrogen) atoms. The highest BCUT2D eigenvalue weighted by Crippen LogP contribution is 2.38. The summed E-state index contributed by atoms with van der Waals surface area (Å²) in [6.07, 6.45) is 9.12. The normalized spacial score (nSPS) is 16.1. The zero-order chi connectivity index (χ0) is 21.8. The zero-order valence-electron chi connectivity index (χ0n) is 18.1. The SMILES string of the molecule is COCCOc1cnc2[nH]c(C(CC3CCCC3)c3ccc(S(C)(=O)=O)cc3)cc2c1. The van der Waals surface area contributed by atoms with Gasteiger partial charge >= 0.3 is 0 Å². The molecule has 1 saturated carbocycles. The van der Waals surface area contributed by atoms with E-state index in [0.29, 0.717) is 24.0 Å². The number of H-pyrrole nitrogens is 1. The predicted octanol–water partition coefficient (Wildman–Crippen LogP) is 4.70. The van der Waals surface area contributed by atoms with Crippen LogP contribution in [0.5, 0.6) is 5.75 Å². The predicted molar refractivity (Wildman–Crippen MR) is 121 cm³/mol. The van der Waals surface area contributed by atoms with Gasteiger partial charge in [0.1, 0.15) is 18.0 Å². The summed E-state index contributed by atoms with van der Waals surface area (Å²) in [7, 11) is -1.56. The molecular weight excluding hydrogens is 412 g/mol. The maximum atomic E-state index is 11.9. The van der Waals surface area contributed by atoms with Crippen LogP contribution in [0.2, 0.25) is 0 Å². The molecule has 3 aromatic rings. The zero-order valence-corrected chi connectivity index (χ0v) is 19.0. The Kier molecular flexibility index (Phi) is 6.62. The van der Waals surface area contributed by atoms with Crippen molar-refractivity contribution in [1.82, 2.24) is 9.97 Å². The van der Waals surface area contributed by atoms with Crippen LogP contribution in [0.3, 0.4) is 0 Å². The number of sulfone groups is 1. The van der Waals surface area contributed by atoms with Crippen LogP contribution >= 0.6 is 0 Å². The molecule has 1 aliphatic carbocycles. The van der Waals surface area contributed by atoms with E-state index in [1.807, 2.05) is 18.2 Å². The third-order valence-corrected chi connectivity index (χ3v) is 7.28. The van der Waals surface area contributed by atoms with Crippen molar-refractivity contribution < 1.29 is 17.9 Å². The number of ether oxygens (including phenoxy) is 2. The summed E-state index contributed by atoms with van der Waals surface area (Å²) in [5.41, 5.74) is 3.07. The minimum Gasteiger partial charge on any atom is -0.490 e. The summed E-state index contributed by atoms with van der Waals surface area (Å²) < 4.78 is 34.5. The molecule has 2 aromatic heterocycles. The number of pyridine rings is 1. The summed E-state index contributed by atoms with van der Waals surface area (Å²) in [4.78, 5) is 8.39. The van der Waals surface area contributed by atoms with Crippen molar-refractivity contribution in [2.75, 3.05) is 26.6 Å². The molecule has 1 aliphatic rings. The molecule has 0 aliphatic heterocycles. The first-order valence-electron chi connectivity index (χ1n) is 10.8. The monoisotopic (exact) mass is 442 g/mol. The summed E-state index contributed by atoms with van der Waals surface area (Å²) in [6, 6.07) is 11.5. The fourth-order valence-corrected chi connectivity index (χ4v) is 5.13. The van der Waals surface area contributed by atoms with Crippen LogP contribution in [0, 0.1) is 5.92 Å². The maximum absolute atomic E-state index is 11.9. The number of benzene rings is 1. The number of aromatic nitrogens is 2. The summed E-state index contributed by atoms with van der Waals surface area (Å²) in [5.74, 6) is 1.58. The van der Waals surface area contributed by atoms with Gasteiger partial charge in [0.2, 0.25) is 0 Å². The van der Waals surface area contributed by atoms with Crippen molar-refractivity contribution in [1.29, 1.82) is 0 Å². The molecular formula is C24H30N2O4S. The Labute approximate surface area is 183 Å². The number of nitrogens with zero attached hydrogens (tertiary/aromatic N) is 1. The number of hydrogen-bond donors (Lipinski definition) is 1. The second-order valence-electron chi connectivity index (χ2n) is 8.45.